The molecule has 2 aromatic rings. The van der Waals surface area contributed by atoms with Crippen LogP contribution in [0.15, 0.2) is 54.6 Å². The standard InChI is InChI=1S/C23H29N3O/c24-13-7-14-25-15-17-26(18-16-25)20-22-11-4-5-12-23(22)27-19-6-10-21-8-2-1-3-9-21/h1-5,8-9,11-12H,6-7,10,14-20H2. The van der Waals surface area contributed by atoms with Gasteiger partial charge in [-0.1, -0.05) is 48.5 Å². The van der Waals surface area contributed by atoms with Gasteiger partial charge in [-0.3, -0.25) is 9.80 Å². The monoisotopic (exact) mass is 363 g/mol. The number of rotatable bonds is 9. The maximum absolute atomic E-state index is 8.73. The number of hydrogen-bond donors (Lipinski definition) is 0. The van der Waals surface area contributed by atoms with Crippen LogP contribution in [0.4, 0.5) is 0 Å². The van der Waals surface area contributed by atoms with Crippen LogP contribution in [0.25, 0.3) is 0 Å². The number of benzene rings is 2. The molecule has 0 bridgehead atoms. The van der Waals surface area contributed by atoms with Gasteiger partial charge in [0.25, 0.3) is 0 Å². The van der Waals surface area contributed by atoms with Crippen molar-refractivity contribution in [3.8, 4) is 11.8 Å². The van der Waals surface area contributed by atoms with Crippen LogP contribution in [0.2, 0.25) is 0 Å². The highest BCUT2D eigenvalue weighted by Gasteiger charge is 2.17. The van der Waals surface area contributed by atoms with Crippen molar-refractivity contribution in [1.82, 2.24) is 9.80 Å². The molecule has 0 spiro atoms. The average Bonchev–Trinajstić information content (AvgIpc) is 2.72. The molecule has 1 fully saturated rings. The van der Waals surface area contributed by atoms with E-state index in [1.807, 2.05) is 0 Å². The minimum atomic E-state index is 0.625. The summed E-state index contributed by atoms with van der Waals surface area (Å²) in [6, 6.07) is 21.2. The smallest absolute Gasteiger partial charge is 0.123 e. The van der Waals surface area contributed by atoms with E-state index in [2.05, 4.69) is 70.5 Å². The molecule has 1 saturated heterocycles. The van der Waals surface area contributed by atoms with Crippen LogP contribution in [0.3, 0.4) is 0 Å². The molecule has 27 heavy (non-hydrogen) atoms. The lowest BCUT2D eigenvalue weighted by Gasteiger charge is -2.34. The Kier molecular flexibility index (Phi) is 7.70. The zero-order chi connectivity index (χ0) is 18.7. The summed E-state index contributed by atoms with van der Waals surface area (Å²) >= 11 is 0. The fourth-order valence-electron chi connectivity index (χ4n) is 3.50. The first-order chi connectivity index (χ1) is 13.3. The second-order valence-electron chi connectivity index (χ2n) is 7.07. The van der Waals surface area contributed by atoms with Gasteiger partial charge in [0.05, 0.1) is 12.7 Å². The maximum atomic E-state index is 8.73. The summed E-state index contributed by atoms with van der Waals surface area (Å²) in [6.07, 6.45) is 2.70. The van der Waals surface area contributed by atoms with Crippen LogP contribution in [-0.4, -0.2) is 49.1 Å². The van der Waals surface area contributed by atoms with Crippen molar-refractivity contribution in [2.24, 2.45) is 0 Å². The van der Waals surface area contributed by atoms with E-state index in [1.165, 1.54) is 11.1 Å². The summed E-state index contributed by atoms with van der Waals surface area (Å²) in [7, 11) is 0. The van der Waals surface area contributed by atoms with Gasteiger partial charge in [0.1, 0.15) is 5.75 Å². The van der Waals surface area contributed by atoms with E-state index >= 15 is 0 Å². The van der Waals surface area contributed by atoms with E-state index in [0.29, 0.717) is 6.42 Å². The molecule has 142 valence electrons. The summed E-state index contributed by atoms with van der Waals surface area (Å²) in [4.78, 5) is 4.86. The Morgan fingerprint density at radius 3 is 2.37 bits per heavy atom. The third-order valence-electron chi connectivity index (χ3n) is 5.08. The second kappa shape index (κ2) is 10.7. The van der Waals surface area contributed by atoms with Crippen molar-refractivity contribution in [3.05, 3.63) is 65.7 Å². The number of piperazine rings is 1. The van der Waals surface area contributed by atoms with E-state index in [9.17, 15) is 0 Å². The molecule has 0 saturated carbocycles. The maximum Gasteiger partial charge on any atom is 0.123 e. The van der Waals surface area contributed by atoms with E-state index in [4.69, 9.17) is 10.00 Å². The Labute approximate surface area is 163 Å². The summed E-state index contributed by atoms with van der Waals surface area (Å²) in [5.41, 5.74) is 2.63. The van der Waals surface area contributed by atoms with Crippen LogP contribution in [0.1, 0.15) is 24.0 Å². The number of para-hydroxylation sites is 1. The van der Waals surface area contributed by atoms with Gasteiger partial charge in [-0.25, -0.2) is 0 Å². The lowest BCUT2D eigenvalue weighted by molar-refractivity contribution is 0.128. The van der Waals surface area contributed by atoms with Crippen molar-refractivity contribution in [1.29, 1.82) is 5.26 Å². The van der Waals surface area contributed by atoms with Crippen molar-refractivity contribution in [3.63, 3.8) is 0 Å². The fraction of sp³-hybridized carbons (Fsp3) is 0.435. The van der Waals surface area contributed by atoms with Gasteiger partial charge in [-0.2, -0.15) is 5.26 Å². The van der Waals surface area contributed by atoms with E-state index < -0.39 is 0 Å². The summed E-state index contributed by atoms with van der Waals surface area (Å²) < 4.78 is 6.10. The number of nitriles is 1. The summed E-state index contributed by atoms with van der Waals surface area (Å²) in [6.45, 7) is 6.76. The molecular weight excluding hydrogens is 334 g/mol. The Bertz CT molecular complexity index is 718. The molecule has 2 aromatic carbocycles. The molecule has 1 aliphatic rings. The summed E-state index contributed by atoms with van der Waals surface area (Å²) in [5, 5.41) is 8.73. The highest BCUT2D eigenvalue weighted by molar-refractivity contribution is 5.33. The number of nitrogens with zero attached hydrogens (tertiary/aromatic N) is 3. The molecule has 1 heterocycles. The summed E-state index contributed by atoms with van der Waals surface area (Å²) in [5.74, 6) is 1.01. The lowest BCUT2D eigenvalue weighted by Crippen LogP contribution is -2.46. The number of aryl methyl sites for hydroxylation is 1. The van der Waals surface area contributed by atoms with Gasteiger partial charge < -0.3 is 4.74 Å². The zero-order valence-corrected chi connectivity index (χ0v) is 16.0. The number of hydrogen-bond acceptors (Lipinski definition) is 4. The van der Waals surface area contributed by atoms with Crippen LogP contribution >= 0.6 is 0 Å². The Morgan fingerprint density at radius 2 is 1.59 bits per heavy atom. The van der Waals surface area contributed by atoms with Crippen LogP contribution in [-0.2, 0) is 13.0 Å². The van der Waals surface area contributed by atoms with Crippen molar-refractivity contribution in [2.45, 2.75) is 25.8 Å². The van der Waals surface area contributed by atoms with Gasteiger partial charge in [0.2, 0.25) is 0 Å². The molecule has 0 amide bonds. The third-order valence-corrected chi connectivity index (χ3v) is 5.08. The van der Waals surface area contributed by atoms with Crippen molar-refractivity contribution < 1.29 is 4.74 Å². The van der Waals surface area contributed by atoms with Crippen molar-refractivity contribution >= 4 is 0 Å². The molecule has 0 aromatic heterocycles. The van der Waals surface area contributed by atoms with E-state index in [0.717, 1.165) is 64.5 Å². The lowest BCUT2D eigenvalue weighted by atomic mass is 10.1. The minimum absolute atomic E-state index is 0.625. The minimum Gasteiger partial charge on any atom is -0.493 e. The third kappa shape index (κ3) is 6.39. The Morgan fingerprint density at radius 1 is 0.889 bits per heavy atom. The van der Waals surface area contributed by atoms with Gasteiger partial charge in [0.15, 0.2) is 0 Å². The molecule has 0 radical (unpaired) electrons. The van der Waals surface area contributed by atoms with Gasteiger partial charge >= 0.3 is 0 Å². The number of ether oxygens (including phenoxy) is 1. The highest BCUT2D eigenvalue weighted by Crippen LogP contribution is 2.21. The van der Waals surface area contributed by atoms with E-state index in [1.54, 1.807) is 0 Å². The largest absolute Gasteiger partial charge is 0.493 e. The molecular formula is C23H29N3O. The highest BCUT2D eigenvalue weighted by atomic mass is 16.5. The quantitative estimate of drug-likeness (QED) is 0.637. The fourth-order valence-corrected chi connectivity index (χ4v) is 3.50. The van der Waals surface area contributed by atoms with Crippen LogP contribution in [0, 0.1) is 11.3 Å². The molecule has 0 unspecified atom stereocenters. The molecule has 4 nitrogen and oxygen atoms in total. The van der Waals surface area contributed by atoms with E-state index in [-0.39, 0.29) is 0 Å². The zero-order valence-electron chi connectivity index (χ0n) is 16.0. The first-order valence-corrected chi connectivity index (χ1v) is 9.91. The van der Waals surface area contributed by atoms with Gasteiger partial charge in [-0.15, -0.1) is 0 Å². The molecule has 4 heteroatoms. The molecule has 0 N–H and O–H groups in total. The Balaban J connectivity index is 1.44. The van der Waals surface area contributed by atoms with Gasteiger partial charge in [0, 0.05) is 51.3 Å². The predicted octanol–water partition coefficient (Wildman–Crippen LogP) is 3.73. The van der Waals surface area contributed by atoms with Gasteiger partial charge in [-0.05, 0) is 24.5 Å². The van der Waals surface area contributed by atoms with Crippen LogP contribution in [0.5, 0.6) is 5.75 Å². The van der Waals surface area contributed by atoms with Crippen molar-refractivity contribution in [2.75, 3.05) is 39.3 Å². The molecule has 0 aliphatic carbocycles. The topological polar surface area (TPSA) is 39.5 Å². The first kappa shape index (κ1) is 19.4. The average molecular weight is 364 g/mol. The van der Waals surface area contributed by atoms with Crippen LogP contribution < -0.4 is 4.74 Å². The molecule has 0 atom stereocenters. The molecule has 3 rings (SSSR count). The Hall–Kier alpha value is -2.35. The SMILES string of the molecule is N#CCCN1CCN(Cc2ccccc2OCCCc2ccccc2)CC1. The normalized spacial score (nSPS) is 15.4. The molecule has 1 aliphatic heterocycles. The first-order valence-electron chi connectivity index (χ1n) is 9.91. The second-order valence-corrected chi connectivity index (χ2v) is 7.07. The predicted molar refractivity (Wildman–Crippen MR) is 109 cm³/mol.